The van der Waals surface area contributed by atoms with Crippen molar-refractivity contribution in [3.63, 3.8) is 0 Å². The molecule has 0 aliphatic heterocycles. The molecule has 0 heterocycles. The molecule has 0 radical (unpaired) electrons. The first-order chi connectivity index (χ1) is 13.2. The Balaban J connectivity index is 2.26. The first kappa shape index (κ1) is 21.4. The number of hydrogen-bond acceptors (Lipinski definition) is 5. The largest absolute Gasteiger partial charge is 0.477 e. The Labute approximate surface area is 164 Å². The minimum absolute atomic E-state index is 0.0104. The number of carbonyl (C=O) groups is 1. The van der Waals surface area contributed by atoms with Gasteiger partial charge in [-0.3, -0.25) is 0 Å². The van der Waals surface area contributed by atoms with Crippen LogP contribution in [-0.2, 0) is 15.7 Å². The van der Waals surface area contributed by atoms with Gasteiger partial charge in [0, 0.05) is 6.07 Å². The van der Waals surface area contributed by atoms with Crippen molar-refractivity contribution >= 4 is 17.6 Å². The molecule has 1 atom stereocenters. The van der Waals surface area contributed by atoms with Crippen molar-refractivity contribution in [2.75, 3.05) is 6.61 Å². The monoisotopic (exact) mass is 413 g/mol. The Morgan fingerprint density at radius 2 is 1.93 bits per heavy atom. The topological polar surface area (TPSA) is 68.6 Å². The van der Waals surface area contributed by atoms with Crippen molar-refractivity contribution in [3.8, 4) is 23.3 Å². The number of halogens is 4. The first-order valence-electron chi connectivity index (χ1n) is 8.07. The number of rotatable bonds is 6. The molecule has 2 aromatic rings. The lowest BCUT2D eigenvalue weighted by Crippen LogP contribution is -2.26. The molecule has 0 saturated carbocycles. The highest BCUT2D eigenvalue weighted by molar-refractivity contribution is 6.32. The normalized spacial score (nSPS) is 12.0. The molecule has 0 spiro atoms. The molecule has 0 saturated heterocycles. The highest BCUT2D eigenvalue weighted by Crippen LogP contribution is 2.37. The standard InChI is InChI=1S/C19H15ClF3NO4/c1-3-26-18(25)11(2)27-17-9-14(6-4-12(17)10-24)28-16-7-5-13(8-15(16)20)19(21,22)23/h4-9,11H,3H2,1-2H3. The van der Waals surface area contributed by atoms with E-state index in [2.05, 4.69) is 0 Å². The maximum absolute atomic E-state index is 12.7. The van der Waals surface area contributed by atoms with Gasteiger partial charge in [0.2, 0.25) is 0 Å². The lowest BCUT2D eigenvalue weighted by atomic mass is 10.2. The number of alkyl halides is 3. The number of nitrogens with zero attached hydrogens (tertiary/aromatic N) is 1. The minimum atomic E-state index is -4.53. The van der Waals surface area contributed by atoms with Crippen LogP contribution in [0.4, 0.5) is 13.2 Å². The van der Waals surface area contributed by atoms with Gasteiger partial charge >= 0.3 is 12.1 Å². The molecular weight excluding hydrogens is 399 g/mol. The van der Waals surface area contributed by atoms with Gasteiger partial charge in [-0.25, -0.2) is 4.79 Å². The summed E-state index contributed by atoms with van der Waals surface area (Å²) < 4.78 is 54.0. The van der Waals surface area contributed by atoms with Crippen LogP contribution >= 0.6 is 11.6 Å². The number of esters is 1. The Morgan fingerprint density at radius 3 is 2.50 bits per heavy atom. The molecule has 0 aromatic heterocycles. The first-order valence-corrected chi connectivity index (χ1v) is 8.45. The summed E-state index contributed by atoms with van der Waals surface area (Å²) in [5, 5.41) is 8.96. The number of benzene rings is 2. The van der Waals surface area contributed by atoms with Crippen molar-refractivity contribution < 1.29 is 32.2 Å². The van der Waals surface area contributed by atoms with Crippen LogP contribution in [0, 0.1) is 11.3 Å². The van der Waals surface area contributed by atoms with E-state index in [-0.39, 0.29) is 34.4 Å². The summed E-state index contributed by atoms with van der Waals surface area (Å²) in [7, 11) is 0. The molecule has 0 amide bonds. The fraction of sp³-hybridized carbons (Fsp3) is 0.263. The van der Waals surface area contributed by atoms with E-state index >= 15 is 0 Å². The molecular formula is C19H15ClF3NO4. The van der Waals surface area contributed by atoms with E-state index in [0.29, 0.717) is 0 Å². The van der Waals surface area contributed by atoms with Gasteiger partial charge in [-0.1, -0.05) is 11.6 Å². The molecule has 2 aromatic carbocycles. The molecule has 5 nitrogen and oxygen atoms in total. The third-order valence-electron chi connectivity index (χ3n) is 3.48. The minimum Gasteiger partial charge on any atom is -0.477 e. The number of carbonyl (C=O) groups excluding carboxylic acids is 1. The lowest BCUT2D eigenvalue weighted by Gasteiger charge is -2.16. The molecule has 0 fully saturated rings. The second-order valence-electron chi connectivity index (χ2n) is 5.53. The second-order valence-corrected chi connectivity index (χ2v) is 5.93. The predicted molar refractivity (Wildman–Crippen MR) is 94.4 cm³/mol. The summed E-state index contributed by atoms with van der Waals surface area (Å²) in [6, 6.07) is 8.74. The van der Waals surface area contributed by atoms with E-state index in [4.69, 9.17) is 25.8 Å². The van der Waals surface area contributed by atoms with Crippen LogP contribution in [0.5, 0.6) is 17.2 Å². The number of ether oxygens (including phenoxy) is 3. The highest BCUT2D eigenvalue weighted by atomic mass is 35.5. The SMILES string of the molecule is CCOC(=O)C(C)Oc1cc(Oc2ccc(C(F)(F)F)cc2Cl)ccc1C#N. The summed E-state index contributed by atoms with van der Waals surface area (Å²) >= 11 is 5.87. The van der Waals surface area contributed by atoms with E-state index in [1.54, 1.807) is 6.92 Å². The zero-order valence-electron chi connectivity index (χ0n) is 14.8. The third-order valence-corrected chi connectivity index (χ3v) is 3.78. The Morgan fingerprint density at radius 1 is 1.21 bits per heavy atom. The van der Waals surface area contributed by atoms with Crippen LogP contribution < -0.4 is 9.47 Å². The van der Waals surface area contributed by atoms with Crippen LogP contribution in [-0.4, -0.2) is 18.7 Å². The van der Waals surface area contributed by atoms with Crippen LogP contribution in [0.1, 0.15) is 25.0 Å². The summed E-state index contributed by atoms with van der Waals surface area (Å²) in [6.45, 7) is 3.28. The van der Waals surface area contributed by atoms with Crippen LogP contribution in [0.3, 0.4) is 0 Å². The van der Waals surface area contributed by atoms with E-state index in [9.17, 15) is 23.2 Å². The molecule has 2 rings (SSSR count). The maximum atomic E-state index is 12.7. The Kier molecular flexibility index (Phi) is 6.75. The smallest absolute Gasteiger partial charge is 0.416 e. The molecule has 9 heteroatoms. The third kappa shape index (κ3) is 5.30. The predicted octanol–water partition coefficient (Wildman–Crippen LogP) is 5.35. The molecule has 0 bridgehead atoms. The van der Waals surface area contributed by atoms with Crippen LogP contribution in [0.2, 0.25) is 5.02 Å². The van der Waals surface area contributed by atoms with Gasteiger partial charge in [0.15, 0.2) is 6.10 Å². The summed E-state index contributed by atoms with van der Waals surface area (Å²) in [4.78, 5) is 11.7. The lowest BCUT2D eigenvalue weighted by molar-refractivity contribution is -0.150. The van der Waals surface area contributed by atoms with Gasteiger partial charge in [0.1, 0.15) is 23.3 Å². The Bertz CT molecular complexity index is 909. The number of hydrogen-bond donors (Lipinski definition) is 0. The van der Waals surface area contributed by atoms with Gasteiger partial charge in [-0.2, -0.15) is 18.4 Å². The zero-order valence-corrected chi connectivity index (χ0v) is 15.6. The van der Waals surface area contributed by atoms with E-state index in [0.717, 1.165) is 18.2 Å². The van der Waals surface area contributed by atoms with Gasteiger partial charge < -0.3 is 14.2 Å². The fourth-order valence-electron chi connectivity index (χ4n) is 2.14. The molecule has 0 aliphatic carbocycles. The average Bonchev–Trinajstić information content (AvgIpc) is 2.63. The molecule has 28 heavy (non-hydrogen) atoms. The van der Waals surface area contributed by atoms with E-state index < -0.39 is 23.8 Å². The zero-order chi connectivity index (χ0) is 20.9. The second kappa shape index (κ2) is 8.85. The van der Waals surface area contributed by atoms with E-state index in [1.807, 2.05) is 6.07 Å². The van der Waals surface area contributed by atoms with Gasteiger partial charge in [0.05, 0.1) is 22.8 Å². The van der Waals surface area contributed by atoms with Crippen LogP contribution in [0.15, 0.2) is 36.4 Å². The molecule has 148 valence electrons. The fourth-order valence-corrected chi connectivity index (χ4v) is 2.36. The van der Waals surface area contributed by atoms with Gasteiger partial charge in [0.25, 0.3) is 0 Å². The molecule has 0 N–H and O–H groups in total. The van der Waals surface area contributed by atoms with Crippen molar-refractivity contribution in [3.05, 3.63) is 52.5 Å². The van der Waals surface area contributed by atoms with Gasteiger partial charge in [-0.05, 0) is 44.2 Å². The quantitative estimate of drug-likeness (QED) is 0.597. The van der Waals surface area contributed by atoms with Crippen molar-refractivity contribution in [1.29, 1.82) is 5.26 Å². The van der Waals surface area contributed by atoms with Crippen LogP contribution in [0.25, 0.3) is 0 Å². The van der Waals surface area contributed by atoms with E-state index in [1.165, 1.54) is 25.1 Å². The van der Waals surface area contributed by atoms with Crippen molar-refractivity contribution in [2.24, 2.45) is 0 Å². The molecule has 0 aliphatic rings. The summed E-state index contributed by atoms with van der Waals surface area (Å²) in [6.07, 6.45) is -5.50. The molecule has 1 unspecified atom stereocenters. The summed E-state index contributed by atoms with van der Waals surface area (Å²) in [5.41, 5.74) is -0.765. The van der Waals surface area contributed by atoms with Crippen molar-refractivity contribution in [1.82, 2.24) is 0 Å². The summed E-state index contributed by atoms with van der Waals surface area (Å²) in [5.74, 6) is -0.400. The van der Waals surface area contributed by atoms with Gasteiger partial charge in [-0.15, -0.1) is 0 Å². The highest BCUT2D eigenvalue weighted by Gasteiger charge is 2.31. The average molecular weight is 414 g/mol. The maximum Gasteiger partial charge on any atom is 0.416 e. The number of nitriles is 1. The Hall–Kier alpha value is -2.92. The van der Waals surface area contributed by atoms with Crippen molar-refractivity contribution in [2.45, 2.75) is 26.1 Å².